The lowest BCUT2D eigenvalue weighted by atomic mass is 9.78. The van der Waals surface area contributed by atoms with Crippen molar-refractivity contribution in [3.8, 4) is 5.75 Å². The van der Waals surface area contributed by atoms with E-state index in [0.717, 1.165) is 16.8 Å². The molecule has 4 rings (SSSR count). The highest BCUT2D eigenvalue weighted by atomic mass is 16.7. The third-order valence-corrected chi connectivity index (χ3v) is 6.03. The van der Waals surface area contributed by atoms with Crippen molar-refractivity contribution in [3.63, 3.8) is 0 Å². The van der Waals surface area contributed by atoms with Gasteiger partial charge < -0.3 is 19.4 Å². The van der Waals surface area contributed by atoms with Crippen molar-refractivity contribution in [1.82, 2.24) is 0 Å². The number of benzene rings is 3. The fourth-order valence-electron chi connectivity index (χ4n) is 3.38. The van der Waals surface area contributed by atoms with E-state index in [2.05, 4.69) is 5.32 Å². The van der Waals surface area contributed by atoms with E-state index in [1.165, 1.54) is 0 Å². The summed E-state index contributed by atoms with van der Waals surface area (Å²) in [6.45, 7) is 8.54. The average molecular weight is 429 g/mol. The van der Waals surface area contributed by atoms with Crippen LogP contribution in [0.3, 0.4) is 0 Å². The van der Waals surface area contributed by atoms with E-state index in [4.69, 9.17) is 14.0 Å². The first-order valence-corrected chi connectivity index (χ1v) is 10.8. The van der Waals surface area contributed by atoms with Crippen molar-refractivity contribution in [2.24, 2.45) is 0 Å². The molecular formula is C26H28BNO4. The van der Waals surface area contributed by atoms with Crippen LogP contribution < -0.4 is 15.5 Å². The Hall–Kier alpha value is -3.09. The molecule has 164 valence electrons. The van der Waals surface area contributed by atoms with Gasteiger partial charge in [-0.2, -0.15) is 0 Å². The maximum Gasteiger partial charge on any atom is 0.494 e. The number of amides is 1. The Morgan fingerprint density at radius 1 is 0.875 bits per heavy atom. The number of carbonyl (C=O) groups is 1. The molecule has 1 saturated heterocycles. The van der Waals surface area contributed by atoms with Crippen LogP contribution in [0, 0.1) is 0 Å². The molecule has 1 amide bonds. The van der Waals surface area contributed by atoms with Crippen LogP contribution in [0.5, 0.6) is 5.75 Å². The zero-order valence-electron chi connectivity index (χ0n) is 18.9. The third-order valence-electron chi connectivity index (χ3n) is 6.03. The topological polar surface area (TPSA) is 56.8 Å². The number of hydrogen-bond donors (Lipinski definition) is 1. The summed E-state index contributed by atoms with van der Waals surface area (Å²) < 4.78 is 18.0. The Kier molecular flexibility index (Phi) is 6.09. The molecule has 0 unspecified atom stereocenters. The molecule has 5 nitrogen and oxygen atoms in total. The summed E-state index contributed by atoms with van der Waals surface area (Å²) in [5.41, 5.74) is 2.30. The molecule has 1 heterocycles. The van der Waals surface area contributed by atoms with Crippen LogP contribution in [-0.2, 0) is 15.9 Å². The second-order valence-corrected chi connectivity index (χ2v) is 8.97. The average Bonchev–Trinajstić information content (AvgIpc) is 3.01. The molecular weight excluding hydrogens is 401 g/mol. The Morgan fingerprint density at radius 3 is 2.19 bits per heavy atom. The van der Waals surface area contributed by atoms with Crippen molar-refractivity contribution in [2.45, 2.75) is 45.5 Å². The molecule has 1 aliphatic rings. The monoisotopic (exact) mass is 429 g/mol. The van der Waals surface area contributed by atoms with Crippen LogP contribution >= 0.6 is 0 Å². The van der Waals surface area contributed by atoms with Crippen molar-refractivity contribution in [3.05, 3.63) is 90.0 Å². The second kappa shape index (κ2) is 8.81. The van der Waals surface area contributed by atoms with Gasteiger partial charge in [-0.1, -0.05) is 42.5 Å². The van der Waals surface area contributed by atoms with Crippen LogP contribution in [0.2, 0.25) is 0 Å². The molecule has 6 heteroatoms. The van der Waals surface area contributed by atoms with E-state index < -0.39 is 18.3 Å². The molecule has 1 aliphatic heterocycles. The summed E-state index contributed by atoms with van der Waals surface area (Å²) in [6.07, 6.45) is 0. The molecule has 1 fully saturated rings. The van der Waals surface area contributed by atoms with Crippen molar-refractivity contribution < 1.29 is 18.8 Å². The summed E-state index contributed by atoms with van der Waals surface area (Å²) in [5.74, 6) is 0.552. The fraction of sp³-hybridized carbons (Fsp3) is 0.269. The molecule has 0 saturated carbocycles. The summed E-state index contributed by atoms with van der Waals surface area (Å²) in [6, 6.07) is 24.7. The molecule has 3 aromatic rings. The van der Waals surface area contributed by atoms with Crippen LogP contribution in [-0.4, -0.2) is 24.2 Å². The molecule has 0 bridgehead atoms. The highest BCUT2D eigenvalue weighted by molar-refractivity contribution is 6.62. The van der Waals surface area contributed by atoms with Gasteiger partial charge in [0.15, 0.2) is 0 Å². The molecule has 0 atom stereocenters. The zero-order chi connectivity index (χ0) is 22.8. The highest BCUT2D eigenvalue weighted by Gasteiger charge is 2.51. The molecule has 0 aliphatic carbocycles. The van der Waals surface area contributed by atoms with Crippen molar-refractivity contribution in [2.75, 3.05) is 5.32 Å². The molecule has 32 heavy (non-hydrogen) atoms. The van der Waals surface area contributed by atoms with Crippen LogP contribution in [0.25, 0.3) is 0 Å². The Morgan fingerprint density at radius 2 is 1.53 bits per heavy atom. The van der Waals surface area contributed by atoms with E-state index >= 15 is 0 Å². The Balaban J connectivity index is 1.38. The maximum absolute atomic E-state index is 12.8. The van der Waals surface area contributed by atoms with E-state index in [-0.39, 0.29) is 5.91 Å². The number of hydrogen-bond acceptors (Lipinski definition) is 4. The molecule has 0 aromatic heterocycles. The zero-order valence-corrected chi connectivity index (χ0v) is 18.9. The SMILES string of the molecule is CC1(C)OB(c2cccc(C(=O)Nc3ccc(OCc4ccccc4)cc3)c2)OC1(C)C. The predicted molar refractivity (Wildman–Crippen MR) is 127 cm³/mol. The summed E-state index contributed by atoms with van der Waals surface area (Å²) in [4.78, 5) is 12.8. The van der Waals surface area contributed by atoms with Gasteiger partial charge in [-0.05, 0) is 75.1 Å². The van der Waals surface area contributed by atoms with Crippen LogP contribution in [0.15, 0.2) is 78.9 Å². The lowest BCUT2D eigenvalue weighted by Crippen LogP contribution is -2.41. The molecule has 1 N–H and O–H groups in total. The predicted octanol–water partition coefficient (Wildman–Crippen LogP) is 4.82. The van der Waals surface area contributed by atoms with Gasteiger partial charge in [0.05, 0.1) is 11.2 Å². The van der Waals surface area contributed by atoms with Gasteiger partial charge >= 0.3 is 7.12 Å². The summed E-state index contributed by atoms with van der Waals surface area (Å²) in [5, 5.41) is 2.93. The van der Waals surface area contributed by atoms with Crippen LogP contribution in [0.1, 0.15) is 43.6 Å². The third kappa shape index (κ3) is 4.87. The first-order valence-electron chi connectivity index (χ1n) is 10.8. The number of carbonyl (C=O) groups excluding carboxylic acids is 1. The lowest BCUT2D eigenvalue weighted by Gasteiger charge is -2.32. The van der Waals surface area contributed by atoms with Gasteiger partial charge in [-0.25, -0.2) is 0 Å². The minimum Gasteiger partial charge on any atom is -0.489 e. The summed E-state index contributed by atoms with van der Waals surface area (Å²) >= 11 is 0. The number of rotatable bonds is 6. The summed E-state index contributed by atoms with van der Waals surface area (Å²) in [7, 11) is -0.506. The van der Waals surface area contributed by atoms with Crippen molar-refractivity contribution in [1.29, 1.82) is 0 Å². The van der Waals surface area contributed by atoms with Gasteiger partial charge in [0, 0.05) is 11.3 Å². The van der Waals surface area contributed by atoms with Gasteiger partial charge in [-0.15, -0.1) is 0 Å². The van der Waals surface area contributed by atoms with Crippen molar-refractivity contribution >= 4 is 24.2 Å². The Labute approximate surface area is 189 Å². The molecule has 3 aromatic carbocycles. The maximum atomic E-state index is 12.8. The van der Waals surface area contributed by atoms with E-state index in [9.17, 15) is 4.79 Å². The lowest BCUT2D eigenvalue weighted by molar-refractivity contribution is 0.00578. The fourth-order valence-corrected chi connectivity index (χ4v) is 3.38. The normalized spacial score (nSPS) is 16.6. The first-order chi connectivity index (χ1) is 15.2. The largest absolute Gasteiger partial charge is 0.494 e. The Bertz CT molecular complexity index is 1060. The minimum absolute atomic E-state index is 0.193. The number of ether oxygens (including phenoxy) is 1. The quantitative estimate of drug-likeness (QED) is 0.571. The first kappa shape index (κ1) is 22.1. The smallest absolute Gasteiger partial charge is 0.489 e. The van der Waals surface area contributed by atoms with E-state index in [1.54, 1.807) is 6.07 Å². The van der Waals surface area contributed by atoms with E-state index in [1.807, 2.05) is 100 Å². The number of anilines is 1. The standard InChI is InChI=1S/C26H28BNO4/c1-25(2)26(3,4)32-27(31-25)21-12-8-11-20(17-21)24(29)28-22-13-15-23(16-14-22)30-18-19-9-6-5-7-10-19/h5-17H,18H2,1-4H3,(H,28,29). The van der Waals surface area contributed by atoms with Gasteiger partial charge in [-0.3, -0.25) is 4.79 Å². The second-order valence-electron chi connectivity index (χ2n) is 8.97. The molecule has 0 spiro atoms. The number of nitrogens with one attached hydrogen (secondary N) is 1. The van der Waals surface area contributed by atoms with E-state index in [0.29, 0.717) is 17.9 Å². The minimum atomic E-state index is -0.506. The highest BCUT2D eigenvalue weighted by Crippen LogP contribution is 2.36. The molecule has 0 radical (unpaired) electrons. The van der Waals surface area contributed by atoms with Gasteiger partial charge in [0.25, 0.3) is 5.91 Å². The van der Waals surface area contributed by atoms with Gasteiger partial charge in [0.1, 0.15) is 12.4 Å². The van der Waals surface area contributed by atoms with Crippen LogP contribution in [0.4, 0.5) is 5.69 Å². The van der Waals surface area contributed by atoms with Gasteiger partial charge in [0.2, 0.25) is 0 Å².